The summed E-state index contributed by atoms with van der Waals surface area (Å²) in [6, 6.07) is 6.21. The van der Waals surface area contributed by atoms with E-state index < -0.39 is 5.82 Å². The van der Waals surface area contributed by atoms with Gasteiger partial charge in [0.25, 0.3) is 0 Å². The van der Waals surface area contributed by atoms with E-state index in [1.54, 1.807) is 13.0 Å². The lowest BCUT2D eigenvalue weighted by Gasteiger charge is -2.04. The molecule has 19 heavy (non-hydrogen) atoms. The monoisotopic (exact) mass is 260 g/mol. The molecule has 0 aliphatic carbocycles. The number of aryl methyl sites for hydroxylation is 1. The van der Waals surface area contributed by atoms with Crippen LogP contribution in [0.5, 0.6) is 0 Å². The van der Waals surface area contributed by atoms with Crippen molar-refractivity contribution >= 4 is 0 Å². The normalized spacial score (nSPS) is 10.4. The molecule has 6 heteroatoms. The molecule has 0 aliphatic rings. The Labute approximate surface area is 110 Å². The summed E-state index contributed by atoms with van der Waals surface area (Å²) in [5, 5.41) is 15.7. The standard InChI is InChI=1S/C13H13FN4O/c1-9-17-13(18-19-9)2-3-16-8-11-4-10(7-15)5-12(14)6-11/h4-6,16H,2-3,8H2,1H3. The highest BCUT2D eigenvalue weighted by Crippen LogP contribution is 2.08. The van der Waals surface area contributed by atoms with Crippen LogP contribution in [0.3, 0.4) is 0 Å². The van der Waals surface area contributed by atoms with Gasteiger partial charge in [-0.1, -0.05) is 5.16 Å². The van der Waals surface area contributed by atoms with Crippen molar-refractivity contribution in [3.8, 4) is 6.07 Å². The number of nitrogens with zero attached hydrogens (tertiary/aromatic N) is 3. The van der Waals surface area contributed by atoms with Crippen LogP contribution in [0.15, 0.2) is 22.7 Å². The SMILES string of the molecule is Cc1nc(CCNCc2cc(F)cc(C#N)c2)no1. The summed E-state index contributed by atoms with van der Waals surface area (Å²) in [5.41, 5.74) is 1.06. The minimum atomic E-state index is -0.398. The van der Waals surface area contributed by atoms with E-state index in [9.17, 15) is 4.39 Å². The molecule has 98 valence electrons. The number of benzene rings is 1. The summed E-state index contributed by atoms with van der Waals surface area (Å²) in [5.74, 6) is 0.783. The Balaban J connectivity index is 1.83. The van der Waals surface area contributed by atoms with E-state index in [0.717, 1.165) is 5.56 Å². The third-order valence-corrected chi connectivity index (χ3v) is 2.51. The van der Waals surface area contributed by atoms with Crippen LogP contribution in [0.25, 0.3) is 0 Å². The Morgan fingerprint density at radius 3 is 2.95 bits per heavy atom. The second-order valence-electron chi connectivity index (χ2n) is 4.12. The maximum absolute atomic E-state index is 13.2. The van der Waals surface area contributed by atoms with Crippen LogP contribution in [-0.4, -0.2) is 16.7 Å². The molecule has 0 fully saturated rings. The maximum Gasteiger partial charge on any atom is 0.223 e. The number of halogens is 1. The Hall–Kier alpha value is -2.26. The molecule has 1 aromatic heterocycles. The fourth-order valence-electron chi connectivity index (χ4n) is 1.69. The number of aromatic nitrogens is 2. The number of nitrogens with one attached hydrogen (secondary N) is 1. The second-order valence-corrected chi connectivity index (χ2v) is 4.12. The minimum absolute atomic E-state index is 0.325. The summed E-state index contributed by atoms with van der Waals surface area (Å²) in [4.78, 5) is 4.08. The van der Waals surface area contributed by atoms with Gasteiger partial charge in [0, 0.05) is 26.4 Å². The predicted molar refractivity (Wildman–Crippen MR) is 65.6 cm³/mol. The van der Waals surface area contributed by atoms with Crippen LogP contribution in [0.2, 0.25) is 0 Å². The van der Waals surface area contributed by atoms with Crippen LogP contribution in [0.4, 0.5) is 4.39 Å². The van der Waals surface area contributed by atoms with Crippen molar-refractivity contribution in [3.63, 3.8) is 0 Å². The number of hydrogen-bond acceptors (Lipinski definition) is 5. The van der Waals surface area contributed by atoms with Crippen LogP contribution in [0.1, 0.15) is 22.8 Å². The Kier molecular flexibility index (Phi) is 4.21. The van der Waals surface area contributed by atoms with Crippen LogP contribution in [-0.2, 0) is 13.0 Å². The average Bonchev–Trinajstić information content (AvgIpc) is 2.80. The molecule has 0 radical (unpaired) electrons. The zero-order valence-electron chi connectivity index (χ0n) is 10.5. The summed E-state index contributed by atoms with van der Waals surface area (Å²) in [7, 11) is 0. The highest BCUT2D eigenvalue weighted by atomic mass is 19.1. The van der Waals surface area contributed by atoms with Crippen molar-refractivity contribution in [2.75, 3.05) is 6.54 Å². The van der Waals surface area contributed by atoms with Gasteiger partial charge in [0.15, 0.2) is 5.82 Å². The van der Waals surface area contributed by atoms with E-state index in [1.807, 2.05) is 6.07 Å². The Morgan fingerprint density at radius 1 is 1.42 bits per heavy atom. The van der Waals surface area contributed by atoms with Gasteiger partial charge < -0.3 is 9.84 Å². The largest absolute Gasteiger partial charge is 0.340 e. The molecule has 0 aliphatic heterocycles. The zero-order valence-corrected chi connectivity index (χ0v) is 10.5. The summed E-state index contributed by atoms with van der Waals surface area (Å²) in [6.45, 7) is 2.88. The first-order valence-corrected chi connectivity index (χ1v) is 5.87. The summed E-state index contributed by atoms with van der Waals surface area (Å²) >= 11 is 0. The van der Waals surface area contributed by atoms with E-state index in [-0.39, 0.29) is 0 Å². The first kappa shape index (κ1) is 13.2. The average molecular weight is 260 g/mol. The first-order chi connectivity index (χ1) is 9.17. The fraction of sp³-hybridized carbons (Fsp3) is 0.308. The van der Waals surface area contributed by atoms with Gasteiger partial charge in [0.05, 0.1) is 11.6 Å². The number of rotatable bonds is 5. The zero-order chi connectivity index (χ0) is 13.7. The summed E-state index contributed by atoms with van der Waals surface area (Å²) < 4.78 is 18.0. The lowest BCUT2D eigenvalue weighted by Crippen LogP contribution is -2.17. The van der Waals surface area contributed by atoms with Crippen molar-refractivity contribution in [2.24, 2.45) is 0 Å². The van der Waals surface area contributed by atoms with E-state index >= 15 is 0 Å². The van der Waals surface area contributed by atoms with E-state index in [1.165, 1.54) is 12.1 Å². The second kappa shape index (κ2) is 6.07. The molecule has 2 aromatic rings. The molecule has 0 atom stereocenters. The van der Waals surface area contributed by atoms with Gasteiger partial charge in [-0.2, -0.15) is 10.2 Å². The van der Waals surface area contributed by atoms with Gasteiger partial charge in [-0.25, -0.2) is 4.39 Å². The highest BCUT2D eigenvalue weighted by Gasteiger charge is 2.03. The Morgan fingerprint density at radius 2 is 2.26 bits per heavy atom. The van der Waals surface area contributed by atoms with Crippen LogP contribution < -0.4 is 5.32 Å². The third-order valence-electron chi connectivity index (χ3n) is 2.51. The topological polar surface area (TPSA) is 74.7 Å². The highest BCUT2D eigenvalue weighted by molar-refractivity contribution is 5.33. The first-order valence-electron chi connectivity index (χ1n) is 5.87. The van der Waals surface area contributed by atoms with Gasteiger partial charge in [-0.15, -0.1) is 0 Å². The van der Waals surface area contributed by atoms with Gasteiger partial charge in [-0.3, -0.25) is 0 Å². The molecular formula is C13H13FN4O. The molecule has 1 aromatic carbocycles. The van der Waals surface area contributed by atoms with E-state index in [0.29, 0.717) is 36.8 Å². The molecule has 0 saturated heterocycles. The van der Waals surface area contributed by atoms with Gasteiger partial charge in [0.1, 0.15) is 5.82 Å². The van der Waals surface area contributed by atoms with Crippen LogP contribution in [0, 0.1) is 24.1 Å². The van der Waals surface area contributed by atoms with Gasteiger partial charge in [0.2, 0.25) is 5.89 Å². The van der Waals surface area contributed by atoms with Crippen molar-refractivity contribution in [3.05, 3.63) is 46.9 Å². The van der Waals surface area contributed by atoms with Gasteiger partial charge in [-0.05, 0) is 23.8 Å². The fourth-order valence-corrected chi connectivity index (χ4v) is 1.69. The molecule has 0 amide bonds. The lowest BCUT2D eigenvalue weighted by molar-refractivity contribution is 0.387. The van der Waals surface area contributed by atoms with Crippen molar-refractivity contribution in [1.82, 2.24) is 15.5 Å². The molecule has 0 unspecified atom stereocenters. The quantitative estimate of drug-likeness (QED) is 0.828. The smallest absolute Gasteiger partial charge is 0.223 e. The maximum atomic E-state index is 13.2. The minimum Gasteiger partial charge on any atom is -0.340 e. The number of nitriles is 1. The van der Waals surface area contributed by atoms with Crippen molar-refractivity contribution in [1.29, 1.82) is 5.26 Å². The molecule has 1 N–H and O–H groups in total. The molecular weight excluding hydrogens is 247 g/mol. The third kappa shape index (κ3) is 3.86. The summed E-state index contributed by atoms with van der Waals surface area (Å²) in [6.07, 6.45) is 0.637. The van der Waals surface area contributed by atoms with E-state index in [4.69, 9.17) is 9.78 Å². The Bertz CT molecular complexity index is 603. The van der Waals surface area contributed by atoms with Crippen molar-refractivity contribution in [2.45, 2.75) is 19.9 Å². The molecule has 1 heterocycles. The van der Waals surface area contributed by atoms with Gasteiger partial charge >= 0.3 is 0 Å². The van der Waals surface area contributed by atoms with E-state index in [2.05, 4.69) is 15.5 Å². The van der Waals surface area contributed by atoms with Crippen LogP contribution >= 0.6 is 0 Å². The predicted octanol–water partition coefficient (Wildman–Crippen LogP) is 1.72. The molecule has 0 saturated carbocycles. The molecule has 2 rings (SSSR count). The lowest BCUT2D eigenvalue weighted by atomic mass is 10.1. The molecule has 0 bridgehead atoms. The van der Waals surface area contributed by atoms with Crippen molar-refractivity contribution < 1.29 is 8.91 Å². The molecule has 5 nitrogen and oxygen atoms in total. The number of hydrogen-bond donors (Lipinski definition) is 1. The molecule has 0 spiro atoms.